The van der Waals surface area contributed by atoms with Crippen molar-refractivity contribution < 1.29 is 28.6 Å². The first kappa shape index (κ1) is 18.7. The summed E-state index contributed by atoms with van der Waals surface area (Å²) >= 11 is 0. The molecule has 2 N–H and O–H groups in total. The second-order valence-electron chi connectivity index (χ2n) is 6.09. The van der Waals surface area contributed by atoms with Gasteiger partial charge in [-0.05, 0) is 30.5 Å². The average molecular weight is 354 g/mol. The summed E-state index contributed by atoms with van der Waals surface area (Å²) in [5.41, 5.74) is 0.476. The number of aliphatic carboxylic acids is 1. The highest BCUT2D eigenvalue weighted by Crippen LogP contribution is 2.32. The van der Waals surface area contributed by atoms with E-state index in [9.17, 15) is 28.6 Å². The molecule has 0 spiro atoms. The van der Waals surface area contributed by atoms with Gasteiger partial charge >= 0.3 is 5.97 Å². The molecular formula is C17H20F2N2O4. The Balaban J connectivity index is 2.51. The Morgan fingerprint density at radius 2 is 1.76 bits per heavy atom. The molecule has 1 aliphatic rings. The molecule has 25 heavy (non-hydrogen) atoms. The Morgan fingerprint density at radius 1 is 1.20 bits per heavy atom. The first-order valence-electron chi connectivity index (χ1n) is 7.87. The Labute approximate surface area is 143 Å². The van der Waals surface area contributed by atoms with Crippen molar-refractivity contribution in [1.29, 1.82) is 0 Å². The number of benzene rings is 1. The van der Waals surface area contributed by atoms with Crippen LogP contribution in [0.1, 0.15) is 26.3 Å². The quantitative estimate of drug-likeness (QED) is 0.795. The van der Waals surface area contributed by atoms with Crippen molar-refractivity contribution in [2.75, 3.05) is 6.54 Å². The minimum atomic E-state index is -1.74. The molecule has 0 bridgehead atoms. The van der Waals surface area contributed by atoms with Gasteiger partial charge in [0, 0.05) is 12.6 Å². The molecule has 0 aliphatic carbocycles. The van der Waals surface area contributed by atoms with Crippen LogP contribution in [0, 0.1) is 23.5 Å². The van der Waals surface area contributed by atoms with Crippen LogP contribution >= 0.6 is 0 Å². The first-order chi connectivity index (χ1) is 11.7. The smallest absolute Gasteiger partial charge is 0.324 e. The summed E-state index contributed by atoms with van der Waals surface area (Å²) in [7, 11) is 0. The van der Waals surface area contributed by atoms with E-state index in [0.29, 0.717) is 11.8 Å². The van der Waals surface area contributed by atoms with Gasteiger partial charge in [-0.15, -0.1) is 0 Å². The number of carboxylic acids is 1. The van der Waals surface area contributed by atoms with E-state index in [1.54, 1.807) is 20.8 Å². The highest BCUT2D eigenvalue weighted by Gasteiger charge is 2.44. The van der Waals surface area contributed by atoms with Crippen molar-refractivity contribution >= 4 is 11.9 Å². The van der Waals surface area contributed by atoms with Crippen LogP contribution < -0.4 is 0 Å². The number of hydrogen-bond donors (Lipinski definition) is 2. The Hall–Kier alpha value is -2.64. The SMILES string of the molecule is CCN1C(C(C)C)=C(O)C(C(=O)O)C(=O)N1Cc1cc(F)cc(F)c1. The van der Waals surface area contributed by atoms with E-state index in [0.717, 1.165) is 17.1 Å². The fourth-order valence-corrected chi connectivity index (χ4v) is 2.99. The van der Waals surface area contributed by atoms with Crippen LogP contribution in [-0.2, 0) is 16.1 Å². The summed E-state index contributed by atoms with van der Waals surface area (Å²) < 4.78 is 26.9. The van der Waals surface area contributed by atoms with E-state index in [-0.39, 0.29) is 24.6 Å². The Kier molecular flexibility index (Phi) is 5.30. The molecule has 136 valence electrons. The largest absolute Gasteiger partial charge is 0.509 e. The Bertz CT molecular complexity index is 713. The highest BCUT2D eigenvalue weighted by molar-refractivity contribution is 6.00. The lowest BCUT2D eigenvalue weighted by molar-refractivity contribution is -0.164. The monoisotopic (exact) mass is 354 g/mol. The third kappa shape index (κ3) is 3.57. The summed E-state index contributed by atoms with van der Waals surface area (Å²) in [6, 6.07) is 2.87. The second kappa shape index (κ2) is 7.08. The van der Waals surface area contributed by atoms with E-state index < -0.39 is 35.2 Å². The lowest BCUT2D eigenvalue weighted by Gasteiger charge is -2.44. The zero-order valence-corrected chi connectivity index (χ0v) is 14.2. The van der Waals surface area contributed by atoms with Gasteiger partial charge in [-0.3, -0.25) is 14.6 Å². The van der Waals surface area contributed by atoms with Gasteiger partial charge in [-0.2, -0.15) is 0 Å². The molecule has 2 rings (SSSR count). The van der Waals surface area contributed by atoms with Gasteiger partial charge in [0.1, 0.15) is 17.4 Å². The molecule has 0 fully saturated rings. The zero-order chi connectivity index (χ0) is 18.9. The number of aliphatic hydroxyl groups excluding tert-OH is 1. The molecule has 1 amide bonds. The van der Waals surface area contributed by atoms with Crippen molar-refractivity contribution in [2.24, 2.45) is 11.8 Å². The predicted molar refractivity (Wildman–Crippen MR) is 84.9 cm³/mol. The number of hydrogen-bond acceptors (Lipinski definition) is 4. The third-order valence-corrected chi connectivity index (χ3v) is 3.95. The van der Waals surface area contributed by atoms with Crippen LogP contribution in [-0.4, -0.2) is 38.7 Å². The van der Waals surface area contributed by atoms with Crippen LogP contribution in [0.15, 0.2) is 29.7 Å². The fourth-order valence-electron chi connectivity index (χ4n) is 2.99. The van der Waals surface area contributed by atoms with Crippen LogP contribution in [0.25, 0.3) is 0 Å². The number of hydrazine groups is 1. The van der Waals surface area contributed by atoms with Crippen molar-refractivity contribution in [2.45, 2.75) is 27.3 Å². The van der Waals surface area contributed by atoms with Crippen LogP contribution in [0.5, 0.6) is 0 Å². The summed E-state index contributed by atoms with van der Waals surface area (Å²) in [5.74, 6) is -6.43. The number of amides is 1. The topological polar surface area (TPSA) is 81.1 Å². The maximum atomic E-state index is 13.4. The van der Waals surface area contributed by atoms with E-state index in [2.05, 4.69) is 0 Å². The highest BCUT2D eigenvalue weighted by atomic mass is 19.1. The molecule has 1 unspecified atom stereocenters. The van der Waals surface area contributed by atoms with Crippen LogP contribution in [0.2, 0.25) is 0 Å². The number of allylic oxidation sites excluding steroid dienone is 1. The van der Waals surface area contributed by atoms with Gasteiger partial charge in [-0.1, -0.05) is 13.8 Å². The summed E-state index contributed by atoms with van der Waals surface area (Å²) in [6.45, 7) is 5.29. The fraction of sp³-hybridized carbons (Fsp3) is 0.412. The van der Waals surface area contributed by atoms with Gasteiger partial charge in [0.2, 0.25) is 0 Å². The molecular weight excluding hydrogens is 334 g/mol. The maximum Gasteiger partial charge on any atom is 0.324 e. The van der Waals surface area contributed by atoms with E-state index in [4.69, 9.17) is 0 Å². The predicted octanol–water partition coefficient (Wildman–Crippen LogP) is 2.67. The minimum Gasteiger partial charge on any atom is -0.509 e. The molecule has 0 aromatic heterocycles. The summed E-state index contributed by atoms with van der Waals surface area (Å²) in [5, 5.41) is 22.2. The Morgan fingerprint density at radius 3 is 2.20 bits per heavy atom. The van der Waals surface area contributed by atoms with Gasteiger partial charge < -0.3 is 10.2 Å². The number of carbonyl (C=O) groups is 2. The normalized spacial score (nSPS) is 18.3. The van der Waals surface area contributed by atoms with Gasteiger partial charge in [0.15, 0.2) is 5.92 Å². The summed E-state index contributed by atoms with van der Waals surface area (Å²) in [6.07, 6.45) is 0. The van der Waals surface area contributed by atoms with Crippen molar-refractivity contribution in [1.82, 2.24) is 10.0 Å². The number of carboxylic acid groups (broad SMARTS) is 1. The van der Waals surface area contributed by atoms with Gasteiger partial charge in [0.05, 0.1) is 12.2 Å². The molecule has 1 aromatic rings. The number of halogens is 2. The number of carbonyl (C=O) groups excluding carboxylic acids is 1. The van der Waals surface area contributed by atoms with Crippen molar-refractivity contribution in [3.63, 3.8) is 0 Å². The van der Waals surface area contributed by atoms with E-state index >= 15 is 0 Å². The minimum absolute atomic E-state index is 0.179. The van der Waals surface area contributed by atoms with Crippen LogP contribution in [0.4, 0.5) is 8.78 Å². The van der Waals surface area contributed by atoms with Crippen LogP contribution in [0.3, 0.4) is 0 Å². The second-order valence-corrected chi connectivity index (χ2v) is 6.09. The van der Waals surface area contributed by atoms with Gasteiger partial charge in [0.25, 0.3) is 5.91 Å². The van der Waals surface area contributed by atoms with E-state index in [1.807, 2.05) is 0 Å². The molecule has 0 saturated carbocycles. The lowest BCUT2D eigenvalue weighted by Crippen LogP contribution is -2.55. The van der Waals surface area contributed by atoms with E-state index in [1.165, 1.54) is 5.01 Å². The number of nitrogens with zero attached hydrogens (tertiary/aromatic N) is 2. The standard InChI is InChI=1S/C17H20F2N2O4/c1-4-20-14(9(2)3)15(22)13(17(24)25)16(23)21(20)8-10-5-11(18)7-12(19)6-10/h5-7,9,13,22H,4,8H2,1-3H3,(H,24,25). The molecule has 0 saturated heterocycles. The molecule has 8 heteroatoms. The maximum absolute atomic E-state index is 13.4. The van der Waals surface area contributed by atoms with Gasteiger partial charge in [-0.25, -0.2) is 13.8 Å². The lowest BCUT2D eigenvalue weighted by atomic mass is 9.96. The number of aliphatic hydroxyl groups is 1. The van der Waals surface area contributed by atoms with Crippen molar-refractivity contribution in [3.05, 3.63) is 46.9 Å². The molecule has 1 aromatic carbocycles. The third-order valence-electron chi connectivity index (χ3n) is 3.95. The molecule has 1 aliphatic heterocycles. The molecule has 0 radical (unpaired) electrons. The number of rotatable bonds is 5. The molecule has 6 nitrogen and oxygen atoms in total. The molecule has 1 atom stereocenters. The van der Waals surface area contributed by atoms with Crippen molar-refractivity contribution in [3.8, 4) is 0 Å². The average Bonchev–Trinajstić information content (AvgIpc) is 2.47. The summed E-state index contributed by atoms with van der Waals surface area (Å²) in [4.78, 5) is 24.1. The first-order valence-corrected chi connectivity index (χ1v) is 7.87. The molecule has 1 heterocycles. The zero-order valence-electron chi connectivity index (χ0n) is 14.2.